The summed E-state index contributed by atoms with van der Waals surface area (Å²) in [5.41, 5.74) is 5.78. The summed E-state index contributed by atoms with van der Waals surface area (Å²) in [5, 5.41) is 3.36. The van der Waals surface area contributed by atoms with Crippen LogP contribution < -0.4 is 11.1 Å². The first-order chi connectivity index (χ1) is 10.0. The minimum absolute atomic E-state index is 0.139. The Labute approximate surface area is 125 Å². The van der Waals surface area contributed by atoms with Gasteiger partial charge in [-0.1, -0.05) is 30.3 Å². The van der Waals surface area contributed by atoms with Gasteiger partial charge in [0.2, 0.25) is 5.91 Å². The van der Waals surface area contributed by atoms with E-state index in [0.717, 1.165) is 5.56 Å². The van der Waals surface area contributed by atoms with Crippen molar-refractivity contribution in [3.63, 3.8) is 0 Å². The summed E-state index contributed by atoms with van der Waals surface area (Å²) < 4.78 is 1.95. The third-order valence-electron chi connectivity index (χ3n) is 3.53. The van der Waals surface area contributed by atoms with Gasteiger partial charge in [0.1, 0.15) is 5.54 Å². The second-order valence-corrected chi connectivity index (χ2v) is 5.49. The summed E-state index contributed by atoms with van der Waals surface area (Å²) in [7, 11) is 0. The van der Waals surface area contributed by atoms with Crippen molar-refractivity contribution < 1.29 is 4.79 Å². The van der Waals surface area contributed by atoms with Gasteiger partial charge >= 0.3 is 0 Å². The van der Waals surface area contributed by atoms with Crippen molar-refractivity contribution in [2.45, 2.75) is 38.4 Å². The van der Waals surface area contributed by atoms with Crippen LogP contribution in [0.1, 0.15) is 25.8 Å². The zero-order valence-corrected chi connectivity index (χ0v) is 12.5. The Morgan fingerprint density at radius 2 is 2.10 bits per heavy atom. The van der Waals surface area contributed by atoms with Gasteiger partial charge in [-0.15, -0.1) is 0 Å². The SMILES string of the molecule is CC(C)NC(CCn1ccnc1)(C(N)=O)c1ccccc1. The summed E-state index contributed by atoms with van der Waals surface area (Å²) in [6.07, 6.45) is 5.92. The number of amides is 1. The molecule has 1 unspecified atom stereocenters. The highest BCUT2D eigenvalue weighted by molar-refractivity contribution is 5.86. The number of hydrogen-bond donors (Lipinski definition) is 2. The number of nitrogens with two attached hydrogens (primary N) is 1. The van der Waals surface area contributed by atoms with Crippen LogP contribution in [0.5, 0.6) is 0 Å². The van der Waals surface area contributed by atoms with Gasteiger partial charge in [0.25, 0.3) is 0 Å². The Morgan fingerprint density at radius 3 is 2.62 bits per heavy atom. The molecule has 1 heterocycles. The summed E-state index contributed by atoms with van der Waals surface area (Å²) in [5.74, 6) is -0.359. The van der Waals surface area contributed by atoms with Crippen molar-refractivity contribution in [3.8, 4) is 0 Å². The maximum absolute atomic E-state index is 12.3. The molecule has 0 fully saturated rings. The molecule has 5 nitrogen and oxygen atoms in total. The largest absolute Gasteiger partial charge is 0.368 e. The average molecular weight is 286 g/mol. The number of rotatable bonds is 7. The van der Waals surface area contributed by atoms with Gasteiger partial charge in [-0.05, 0) is 25.8 Å². The molecule has 112 valence electrons. The predicted octanol–water partition coefficient (Wildman–Crippen LogP) is 1.65. The Hall–Kier alpha value is -2.14. The van der Waals surface area contributed by atoms with Crippen LogP contribution in [0.15, 0.2) is 49.1 Å². The number of aromatic nitrogens is 2. The van der Waals surface area contributed by atoms with Crippen LogP contribution in [-0.2, 0) is 16.9 Å². The molecule has 1 aromatic carbocycles. The van der Waals surface area contributed by atoms with E-state index in [4.69, 9.17) is 5.73 Å². The van der Waals surface area contributed by atoms with Crippen LogP contribution >= 0.6 is 0 Å². The van der Waals surface area contributed by atoms with Crippen LogP contribution in [0.2, 0.25) is 0 Å². The predicted molar refractivity (Wildman–Crippen MR) is 82.4 cm³/mol. The molecular formula is C16H22N4O. The van der Waals surface area contributed by atoms with Crippen LogP contribution in [-0.4, -0.2) is 21.5 Å². The highest BCUT2D eigenvalue weighted by atomic mass is 16.1. The summed E-state index contributed by atoms with van der Waals surface area (Å²) in [6.45, 7) is 4.69. The molecule has 0 radical (unpaired) electrons. The van der Waals surface area contributed by atoms with Crippen LogP contribution in [0.3, 0.4) is 0 Å². The summed E-state index contributed by atoms with van der Waals surface area (Å²) in [4.78, 5) is 16.3. The Bertz CT molecular complexity index is 565. The van der Waals surface area contributed by atoms with Crippen molar-refractivity contribution >= 4 is 5.91 Å². The van der Waals surface area contributed by atoms with Crippen molar-refractivity contribution in [1.82, 2.24) is 14.9 Å². The smallest absolute Gasteiger partial charge is 0.242 e. The van der Waals surface area contributed by atoms with Gasteiger partial charge in [-0.3, -0.25) is 10.1 Å². The standard InChI is InChI=1S/C16H22N4O/c1-13(2)19-16(15(17)21,14-6-4-3-5-7-14)8-10-20-11-9-18-12-20/h3-7,9,11-13,19H,8,10H2,1-2H3,(H2,17,21). The lowest BCUT2D eigenvalue weighted by molar-refractivity contribution is -0.125. The topological polar surface area (TPSA) is 72.9 Å². The lowest BCUT2D eigenvalue weighted by Gasteiger charge is -2.34. The third-order valence-corrected chi connectivity index (χ3v) is 3.53. The maximum atomic E-state index is 12.3. The first-order valence-corrected chi connectivity index (χ1v) is 7.13. The van der Waals surface area contributed by atoms with Crippen LogP contribution in [0.4, 0.5) is 0 Å². The fraction of sp³-hybridized carbons (Fsp3) is 0.375. The molecule has 2 rings (SSSR count). The van der Waals surface area contributed by atoms with E-state index < -0.39 is 5.54 Å². The first kappa shape index (κ1) is 15.3. The van der Waals surface area contributed by atoms with Crippen molar-refractivity contribution in [2.75, 3.05) is 0 Å². The lowest BCUT2D eigenvalue weighted by Crippen LogP contribution is -2.55. The molecular weight excluding hydrogens is 264 g/mol. The van der Waals surface area contributed by atoms with E-state index in [-0.39, 0.29) is 11.9 Å². The maximum Gasteiger partial charge on any atom is 0.242 e. The monoisotopic (exact) mass is 286 g/mol. The molecule has 1 atom stereocenters. The van der Waals surface area contributed by atoms with E-state index >= 15 is 0 Å². The normalized spacial score (nSPS) is 14.0. The molecule has 0 saturated carbocycles. The second kappa shape index (κ2) is 6.54. The first-order valence-electron chi connectivity index (χ1n) is 7.13. The number of aryl methyl sites for hydroxylation is 1. The van der Waals surface area contributed by atoms with Crippen molar-refractivity contribution in [3.05, 3.63) is 54.6 Å². The third kappa shape index (κ3) is 3.49. The molecule has 0 aliphatic heterocycles. The number of benzene rings is 1. The molecule has 3 N–H and O–H groups in total. The molecule has 1 amide bonds. The van der Waals surface area contributed by atoms with Crippen molar-refractivity contribution in [2.24, 2.45) is 5.73 Å². The molecule has 0 aliphatic carbocycles. The van der Waals surface area contributed by atoms with Gasteiger partial charge in [-0.25, -0.2) is 4.98 Å². The number of nitrogens with one attached hydrogen (secondary N) is 1. The summed E-state index contributed by atoms with van der Waals surface area (Å²) in [6, 6.07) is 9.79. The van der Waals surface area contributed by atoms with Crippen molar-refractivity contribution in [1.29, 1.82) is 0 Å². The van der Waals surface area contributed by atoms with E-state index in [1.165, 1.54) is 0 Å². The van der Waals surface area contributed by atoms with Gasteiger partial charge < -0.3 is 10.3 Å². The Balaban J connectivity index is 2.33. The number of nitrogens with zero attached hydrogens (tertiary/aromatic N) is 2. The fourth-order valence-corrected chi connectivity index (χ4v) is 2.57. The van der Waals surface area contributed by atoms with Gasteiger partial charge in [-0.2, -0.15) is 0 Å². The molecule has 0 saturated heterocycles. The number of hydrogen-bond acceptors (Lipinski definition) is 3. The molecule has 21 heavy (non-hydrogen) atoms. The second-order valence-electron chi connectivity index (χ2n) is 5.49. The van der Waals surface area contributed by atoms with Gasteiger partial charge in [0, 0.05) is 25.0 Å². The Morgan fingerprint density at radius 1 is 1.38 bits per heavy atom. The average Bonchev–Trinajstić information content (AvgIpc) is 2.97. The van der Waals surface area contributed by atoms with E-state index in [1.54, 1.807) is 12.5 Å². The molecule has 0 bridgehead atoms. The number of imidazole rings is 1. The van der Waals surface area contributed by atoms with E-state index in [2.05, 4.69) is 10.3 Å². The zero-order chi connectivity index (χ0) is 15.3. The highest BCUT2D eigenvalue weighted by Gasteiger charge is 2.38. The summed E-state index contributed by atoms with van der Waals surface area (Å²) >= 11 is 0. The molecule has 0 aliphatic rings. The molecule has 5 heteroatoms. The minimum Gasteiger partial charge on any atom is -0.368 e. The minimum atomic E-state index is -0.875. The van der Waals surface area contributed by atoms with Gasteiger partial charge in [0.15, 0.2) is 0 Å². The van der Waals surface area contributed by atoms with Crippen LogP contribution in [0, 0.1) is 0 Å². The van der Waals surface area contributed by atoms with E-state index in [1.807, 2.05) is 54.9 Å². The van der Waals surface area contributed by atoms with Gasteiger partial charge in [0.05, 0.1) is 6.33 Å². The quantitative estimate of drug-likeness (QED) is 0.813. The highest BCUT2D eigenvalue weighted by Crippen LogP contribution is 2.26. The van der Waals surface area contributed by atoms with E-state index in [9.17, 15) is 4.79 Å². The molecule has 2 aromatic rings. The zero-order valence-electron chi connectivity index (χ0n) is 12.5. The number of primary amides is 1. The fourth-order valence-electron chi connectivity index (χ4n) is 2.57. The lowest BCUT2D eigenvalue weighted by atomic mass is 9.85. The van der Waals surface area contributed by atoms with Crippen LogP contribution in [0.25, 0.3) is 0 Å². The molecule has 0 spiro atoms. The Kier molecular flexibility index (Phi) is 4.75. The van der Waals surface area contributed by atoms with E-state index in [0.29, 0.717) is 13.0 Å². The number of carbonyl (C=O) groups excluding carboxylic acids is 1. The number of carbonyl (C=O) groups is 1. The molecule has 1 aromatic heterocycles.